The summed E-state index contributed by atoms with van der Waals surface area (Å²) in [6.45, 7) is 8.92. The number of nitrogens with zero attached hydrogens (tertiary/aromatic N) is 1. The van der Waals surface area contributed by atoms with Gasteiger partial charge in [0.25, 0.3) is 5.91 Å². The highest BCUT2D eigenvalue weighted by Gasteiger charge is 2.23. The van der Waals surface area contributed by atoms with Crippen molar-refractivity contribution in [3.63, 3.8) is 0 Å². The van der Waals surface area contributed by atoms with Crippen LogP contribution in [0.3, 0.4) is 0 Å². The van der Waals surface area contributed by atoms with Gasteiger partial charge in [-0.3, -0.25) is 19.3 Å². The second kappa shape index (κ2) is 15.1. The van der Waals surface area contributed by atoms with Crippen LogP contribution in [0.4, 0.5) is 0 Å². The maximum atomic E-state index is 12.7. The molecule has 0 aromatic heterocycles. The second-order valence-corrected chi connectivity index (χ2v) is 10.6. The number of aliphatic hydroxyl groups is 1. The van der Waals surface area contributed by atoms with Gasteiger partial charge >= 0.3 is 5.97 Å². The molecule has 1 aliphatic rings. The first-order valence-corrected chi connectivity index (χ1v) is 13.5. The molecular formula is C32H38N2O6. The predicted molar refractivity (Wildman–Crippen MR) is 153 cm³/mol. The molecule has 1 fully saturated rings. The first-order valence-electron chi connectivity index (χ1n) is 13.5. The Kier molecular flexibility index (Phi) is 11.6. The van der Waals surface area contributed by atoms with E-state index in [0.29, 0.717) is 5.56 Å². The predicted octanol–water partition coefficient (Wildman–Crippen LogP) is 3.37. The highest BCUT2D eigenvalue weighted by molar-refractivity contribution is 5.98. The van der Waals surface area contributed by atoms with Gasteiger partial charge in [-0.15, -0.1) is 0 Å². The molecule has 0 aliphatic carbocycles. The lowest BCUT2D eigenvalue weighted by Crippen LogP contribution is -2.42. The van der Waals surface area contributed by atoms with Crippen LogP contribution >= 0.6 is 0 Å². The van der Waals surface area contributed by atoms with Gasteiger partial charge in [-0.1, -0.05) is 36.1 Å². The van der Waals surface area contributed by atoms with Crippen molar-refractivity contribution in [3.8, 4) is 11.8 Å². The molecule has 0 saturated carbocycles. The van der Waals surface area contributed by atoms with Crippen LogP contribution < -0.4 is 5.32 Å². The zero-order chi connectivity index (χ0) is 29.0. The zero-order valence-corrected chi connectivity index (χ0v) is 23.4. The number of ether oxygens (including phenoxy) is 2. The van der Waals surface area contributed by atoms with E-state index >= 15 is 0 Å². The van der Waals surface area contributed by atoms with Gasteiger partial charge < -0.3 is 19.9 Å². The Hall–Kier alpha value is -3.77. The first-order chi connectivity index (χ1) is 19.1. The number of hydrogen-bond acceptors (Lipinski definition) is 7. The van der Waals surface area contributed by atoms with E-state index in [1.54, 1.807) is 51.1 Å². The third-order valence-electron chi connectivity index (χ3n) is 6.12. The number of morpholine rings is 1. The van der Waals surface area contributed by atoms with Crippen LogP contribution in [-0.4, -0.2) is 72.2 Å². The molecule has 0 spiro atoms. The Balaban J connectivity index is 1.51. The summed E-state index contributed by atoms with van der Waals surface area (Å²) in [5.74, 6) is 4.65. The van der Waals surface area contributed by atoms with Crippen LogP contribution in [-0.2, 0) is 25.6 Å². The molecule has 0 unspecified atom stereocenters. The smallest absolute Gasteiger partial charge is 0.306 e. The summed E-state index contributed by atoms with van der Waals surface area (Å²) in [6, 6.07) is 14.1. The van der Waals surface area contributed by atoms with E-state index in [9.17, 15) is 19.5 Å². The lowest BCUT2D eigenvalue weighted by Gasteiger charge is -2.26. The highest BCUT2D eigenvalue weighted by Crippen LogP contribution is 2.12. The average Bonchev–Trinajstić information content (AvgIpc) is 2.93. The van der Waals surface area contributed by atoms with Gasteiger partial charge in [0.1, 0.15) is 12.2 Å². The SMILES string of the molecule is CC(C)(C)OC(=O)CC[C@H](NC(=O)c1ccc(C=CC#Cc2ccc(CN3CCOCC3)cc2)cc1)C(=O)CO. The molecule has 0 radical (unpaired) electrons. The molecule has 40 heavy (non-hydrogen) atoms. The van der Waals surface area contributed by atoms with E-state index in [4.69, 9.17) is 9.47 Å². The van der Waals surface area contributed by atoms with Crippen molar-refractivity contribution in [2.75, 3.05) is 32.9 Å². The number of benzene rings is 2. The van der Waals surface area contributed by atoms with E-state index in [2.05, 4.69) is 34.2 Å². The van der Waals surface area contributed by atoms with Gasteiger partial charge in [0, 0.05) is 37.2 Å². The number of carbonyl (C=O) groups is 3. The molecule has 8 nitrogen and oxygen atoms in total. The fourth-order valence-electron chi connectivity index (χ4n) is 4.04. The minimum atomic E-state index is -0.992. The lowest BCUT2D eigenvalue weighted by atomic mass is 10.1. The minimum Gasteiger partial charge on any atom is -0.460 e. The topological polar surface area (TPSA) is 105 Å². The van der Waals surface area contributed by atoms with Crippen LogP contribution in [0, 0.1) is 11.8 Å². The number of allylic oxidation sites excluding steroid dienone is 1. The monoisotopic (exact) mass is 546 g/mol. The zero-order valence-electron chi connectivity index (χ0n) is 23.4. The number of rotatable bonds is 10. The quantitative estimate of drug-likeness (QED) is 0.348. The molecule has 8 heteroatoms. The minimum absolute atomic E-state index is 0.0378. The van der Waals surface area contributed by atoms with Crippen LogP contribution in [0.5, 0.6) is 0 Å². The Morgan fingerprint density at radius 1 is 1.07 bits per heavy atom. The van der Waals surface area contributed by atoms with Gasteiger partial charge in [-0.25, -0.2) is 0 Å². The summed E-state index contributed by atoms with van der Waals surface area (Å²) in [5.41, 5.74) is 2.75. The number of Topliss-reactive ketones (excluding diaryl/α,β-unsaturated/α-hetero) is 1. The normalized spacial score (nSPS) is 14.7. The molecule has 1 atom stereocenters. The maximum Gasteiger partial charge on any atom is 0.306 e. The van der Waals surface area contributed by atoms with E-state index < -0.39 is 35.9 Å². The molecule has 1 heterocycles. The second-order valence-electron chi connectivity index (χ2n) is 10.6. The van der Waals surface area contributed by atoms with Crippen molar-refractivity contribution in [1.82, 2.24) is 10.2 Å². The Morgan fingerprint density at radius 2 is 1.75 bits per heavy atom. The molecule has 1 amide bonds. The standard InChI is InChI=1S/C32H38N2O6/c1-32(2,3)40-30(37)17-16-28(29(36)23-35)33-31(38)27-14-12-25(13-15-27)7-5-4-6-24-8-10-26(11-9-24)22-34-18-20-39-21-19-34/h5,7-15,28,35H,16-23H2,1-3H3,(H,33,38)/t28-/m0/s1. The Bertz CT molecular complexity index is 1230. The number of aliphatic hydroxyl groups excluding tert-OH is 1. The molecule has 212 valence electrons. The fraction of sp³-hybridized carbons (Fsp3) is 0.406. The van der Waals surface area contributed by atoms with Crippen molar-refractivity contribution in [3.05, 3.63) is 76.9 Å². The van der Waals surface area contributed by atoms with Crippen molar-refractivity contribution in [1.29, 1.82) is 0 Å². The third kappa shape index (κ3) is 10.8. The number of nitrogens with one attached hydrogen (secondary N) is 1. The summed E-state index contributed by atoms with van der Waals surface area (Å²) in [7, 11) is 0. The largest absolute Gasteiger partial charge is 0.460 e. The molecule has 0 bridgehead atoms. The van der Waals surface area contributed by atoms with Crippen LogP contribution in [0.25, 0.3) is 6.08 Å². The number of amides is 1. The van der Waals surface area contributed by atoms with Gasteiger partial charge in [0.2, 0.25) is 0 Å². The van der Waals surface area contributed by atoms with Gasteiger partial charge in [0.15, 0.2) is 5.78 Å². The van der Waals surface area contributed by atoms with Crippen LogP contribution in [0.15, 0.2) is 54.6 Å². The highest BCUT2D eigenvalue weighted by atomic mass is 16.6. The third-order valence-corrected chi connectivity index (χ3v) is 6.12. The van der Waals surface area contributed by atoms with Gasteiger partial charge in [0.05, 0.1) is 19.3 Å². The molecule has 3 rings (SSSR count). The van der Waals surface area contributed by atoms with Crippen LogP contribution in [0.2, 0.25) is 0 Å². The Morgan fingerprint density at radius 3 is 2.38 bits per heavy atom. The first kappa shape index (κ1) is 30.8. The van der Waals surface area contributed by atoms with Crippen molar-refractivity contribution < 1.29 is 29.0 Å². The van der Waals surface area contributed by atoms with Gasteiger partial charge in [-0.05, 0) is 74.7 Å². The number of esters is 1. The van der Waals surface area contributed by atoms with E-state index in [0.717, 1.165) is 44.0 Å². The Labute approximate surface area is 236 Å². The van der Waals surface area contributed by atoms with E-state index in [1.807, 2.05) is 18.2 Å². The van der Waals surface area contributed by atoms with Gasteiger partial charge in [-0.2, -0.15) is 0 Å². The lowest BCUT2D eigenvalue weighted by molar-refractivity contribution is -0.155. The summed E-state index contributed by atoms with van der Waals surface area (Å²) in [5, 5.41) is 11.9. The van der Waals surface area contributed by atoms with Crippen molar-refractivity contribution >= 4 is 23.7 Å². The molecular weight excluding hydrogens is 508 g/mol. The van der Waals surface area contributed by atoms with Crippen LogP contribution in [0.1, 0.15) is 60.7 Å². The van der Waals surface area contributed by atoms with Crippen molar-refractivity contribution in [2.45, 2.75) is 51.8 Å². The summed E-state index contributed by atoms with van der Waals surface area (Å²) < 4.78 is 10.6. The summed E-state index contributed by atoms with van der Waals surface area (Å²) >= 11 is 0. The fourth-order valence-corrected chi connectivity index (χ4v) is 4.04. The molecule has 2 aromatic carbocycles. The number of ketones is 1. The average molecular weight is 547 g/mol. The number of carbonyl (C=O) groups excluding carboxylic acids is 3. The summed E-state index contributed by atoms with van der Waals surface area (Å²) in [6.07, 6.45) is 3.58. The molecule has 1 saturated heterocycles. The maximum absolute atomic E-state index is 12.7. The van der Waals surface area contributed by atoms with E-state index in [1.165, 1.54) is 5.56 Å². The molecule has 2 N–H and O–H groups in total. The molecule has 2 aromatic rings. The number of hydrogen-bond donors (Lipinski definition) is 2. The summed E-state index contributed by atoms with van der Waals surface area (Å²) in [4.78, 5) is 39.2. The molecule has 1 aliphatic heterocycles. The van der Waals surface area contributed by atoms with Crippen molar-refractivity contribution in [2.24, 2.45) is 0 Å². The van der Waals surface area contributed by atoms with E-state index in [-0.39, 0.29) is 12.8 Å².